The molecule has 0 radical (unpaired) electrons. The summed E-state index contributed by atoms with van der Waals surface area (Å²) in [5, 5.41) is 3.47. The van der Waals surface area contributed by atoms with E-state index in [0.29, 0.717) is 11.6 Å². The van der Waals surface area contributed by atoms with Gasteiger partial charge in [0.1, 0.15) is 4.90 Å². The predicted molar refractivity (Wildman–Crippen MR) is 79.7 cm³/mol. The van der Waals surface area contributed by atoms with Gasteiger partial charge in [0.2, 0.25) is 10.0 Å². The van der Waals surface area contributed by atoms with Gasteiger partial charge >= 0.3 is 0 Å². The molecule has 1 fully saturated rings. The lowest BCUT2D eigenvalue weighted by Crippen LogP contribution is -2.45. The van der Waals surface area contributed by atoms with Gasteiger partial charge in [0.25, 0.3) is 0 Å². The fourth-order valence-corrected chi connectivity index (χ4v) is 3.92. The number of aryl methyl sites for hydroxylation is 1. The van der Waals surface area contributed by atoms with Gasteiger partial charge in [0, 0.05) is 12.6 Å². The summed E-state index contributed by atoms with van der Waals surface area (Å²) in [4.78, 5) is 0.162. The van der Waals surface area contributed by atoms with Crippen LogP contribution in [0.25, 0.3) is 0 Å². The van der Waals surface area contributed by atoms with Gasteiger partial charge in [0.15, 0.2) is 0 Å². The molecule has 1 aliphatic rings. The molecule has 1 aromatic rings. The number of sulfonamides is 1. The van der Waals surface area contributed by atoms with E-state index in [9.17, 15) is 8.42 Å². The lowest BCUT2D eigenvalue weighted by atomic mass is 10.1. The van der Waals surface area contributed by atoms with Gasteiger partial charge in [0.05, 0.1) is 5.02 Å². The third-order valence-electron chi connectivity index (χ3n) is 3.06. The van der Waals surface area contributed by atoms with Crippen LogP contribution in [-0.2, 0) is 10.0 Å². The van der Waals surface area contributed by atoms with Crippen LogP contribution >= 0.6 is 24.0 Å². The number of benzene rings is 1. The minimum absolute atomic E-state index is 0. The van der Waals surface area contributed by atoms with Crippen LogP contribution in [0.2, 0.25) is 5.02 Å². The molecule has 1 aliphatic heterocycles. The highest BCUT2D eigenvalue weighted by Crippen LogP contribution is 2.24. The lowest BCUT2D eigenvalue weighted by Gasteiger charge is -2.23. The minimum Gasteiger partial charge on any atom is -0.315 e. The number of hydrogen-bond donors (Lipinski definition) is 2. The highest BCUT2D eigenvalue weighted by molar-refractivity contribution is 7.89. The summed E-state index contributed by atoms with van der Waals surface area (Å²) in [5.41, 5.74) is 0.765. The van der Waals surface area contributed by atoms with E-state index >= 15 is 0 Å². The molecule has 0 amide bonds. The topological polar surface area (TPSA) is 58.2 Å². The smallest absolute Gasteiger partial charge is 0.242 e. The van der Waals surface area contributed by atoms with Crippen LogP contribution in [0.1, 0.15) is 18.4 Å². The Morgan fingerprint density at radius 1 is 1.42 bits per heavy atom. The van der Waals surface area contributed by atoms with Crippen molar-refractivity contribution in [1.82, 2.24) is 10.0 Å². The van der Waals surface area contributed by atoms with E-state index in [4.69, 9.17) is 11.6 Å². The molecule has 19 heavy (non-hydrogen) atoms. The fraction of sp³-hybridized carbons (Fsp3) is 0.500. The van der Waals surface area contributed by atoms with E-state index in [1.807, 2.05) is 0 Å². The normalized spacial score (nSPS) is 19.8. The molecule has 1 saturated heterocycles. The minimum atomic E-state index is -3.54. The molecule has 4 nitrogen and oxygen atoms in total. The molecule has 2 rings (SSSR count). The van der Waals surface area contributed by atoms with Crippen LogP contribution in [0.15, 0.2) is 23.1 Å². The Morgan fingerprint density at radius 3 is 2.79 bits per heavy atom. The Labute approximate surface area is 125 Å². The van der Waals surface area contributed by atoms with Crippen molar-refractivity contribution in [3.63, 3.8) is 0 Å². The summed E-state index contributed by atoms with van der Waals surface area (Å²) in [6.45, 7) is 3.41. The van der Waals surface area contributed by atoms with Crippen molar-refractivity contribution < 1.29 is 8.42 Å². The molecule has 1 heterocycles. The van der Waals surface area contributed by atoms with Crippen LogP contribution in [-0.4, -0.2) is 27.5 Å². The number of piperidine rings is 1. The van der Waals surface area contributed by atoms with Crippen molar-refractivity contribution in [3.05, 3.63) is 28.8 Å². The predicted octanol–water partition coefficient (Wildman–Crippen LogP) is 2.10. The maximum atomic E-state index is 12.3. The van der Waals surface area contributed by atoms with Gasteiger partial charge in [-0.3, -0.25) is 0 Å². The summed E-state index contributed by atoms with van der Waals surface area (Å²) < 4.78 is 27.2. The van der Waals surface area contributed by atoms with E-state index in [1.165, 1.54) is 6.07 Å². The third kappa shape index (κ3) is 4.07. The van der Waals surface area contributed by atoms with E-state index in [1.54, 1.807) is 19.1 Å². The second kappa shape index (κ2) is 6.90. The zero-order chi connectivity index (χ0) is 13.2. The summed E-state index contributed by atoms with van der Waals surface area (Å²) in [6.07, 6.45) is 1.84. The zero-order valence-corrected chi connectivity index (χ0v) is 13.0. The van der Waals surface area contributed by atoms with Crippen LogP contribution < -0.4 is 10.0 Å². The molecule has 0 bridgehead atoms. The summed E-state index contributed by atoms with van der Waals surface area (Å²) >= 11 is 6.06. The molecular formula is C12H18Cl2N2O2S. The van der Waals surface area contributed by atoms with Crippen molar-refractivity contribution in [2.75, 3.05) is 13.1 Å². The molecule has 1 unspecified atom stereocenters. The van der Waals surface area contributed by atoms with Gasteiger partial charge in [-0.15, -0.1) is 12.4 Å². The van der Waals surface area contributed by atoms with E-state index in [0.717, 1.165) is 24.9 Å². The molecule has 7 heteroatoms. The van der Waals surface area contributed by atoms with Gasteiger partial charge in [-0.1, -0.05) is 23.7 Å². The number of nitrogens with one attached hydrogen (secondary N) is 2. The van der Waals surface area contributed by atoms with Crippen molar-refractivity contribution in [3.8, 4) is 0 Å². The SMILES string of the molecule is Cc1cccc(S(=O)(=O)NC2CCCNC2)c1Cl.Cl. The van der Waals surface area contributed by atoms with Gasteiger partial charge in [-0.05, 0) is 37.9 Å². The molecular weight excluding hydrogens is 307 g/mol. The van der Waals surface area contributed by atoms with Crippen LogP contribution in [0, 0.1) is 6.92 Å². The van der Waals surface area contributed by atoms with Gasteiger partial charge in [-0.2, -0.15) is 0 Å². The molecule has 1 atom stereocenters. The van der Waals surface area contributed by atoms with E-state index < -0.39 is 10.0 Å². The standard InChI is InChI=1S/C12H17ClN2O2S.ClH/c1-9-4-2-6-11(12(9)13)18(16,17)15-10-5-3-7-14-8-10;/h2,4,6,10,14-15H,3,5,7-8H2,1H3;1H. The maximum Gasteiger partial charge on any atom is 0.242 e. The first-order valence-corrected chi connectivity index (χ1v) is 7.85. The summed E-state index contributed by atoms with van der Waals surface area (Å²) in [7, 11) is -3.54. The molecule has 1 aromatic carbocycles. The summed E-state index contributed by atoms with van der Waals surface area (Å²) in [5.74, 6) is 0. The molecule has 0 spiro atoms. The van der Waals surface area contributed by atoms with E-state index in [2.05, 4.69) is 10.0 Å². The van der Waals surface area contributed by atoms with E-state index in [-0.39, 0.29) is 23.3 Å². The molecule has 2 N–H and O–H groups in total. The Morgan fingerprint density at radius 2 is 2.16 bits per heavy atom. The Kier molecular flexibility index (Phi) is 6.08. The molecule has 0 aliphatic carbocycles. The van der Waals surface area contributed by atoms with Crippen molar-refractivity contribution >= 4 is 34.0 Å². The van der Waals surface area contributed by atoms with Crippen molar-refractivity contribution in [2.24, 2.45) is 0 Å². The van der Waals surface area contributed by atoms with Crippen LogP contribution in [0.4, 0.5) is 0 Å². The quantitative estimate of drug-likeness (QED) is 0.895. The average Bonchev–Trinajstić information content (AvgIpc) is 2.33. The van der Waals surface area contributed by atoms with Crippen molar-refractivity contribution in [2.45, 2.75) is 30.7 Å². The molecule has 0 aromatic heterocycles. The van der Waals surface area contributed by atoms with Crippen molar-refractivity contribution in [1.29, 1.82) is 0 Å². The first kappa shape index (κ1) is 16.7. The monoisotopic (exact) mass is 324 g/mol. The zero-order valence-electron chi connectivity index (χ0n) is 10.6. The van der Waals surface area contributed by atoms with Gasteiger partial charge < -0.3 is 5.32 Å². The Balaban J connectivity index is 0.00000180. The highest BCUT2D eigenvalue weighted by atomic mass is 35.5. The van der Waals surface area contributed by atoms with Crippen LogP contribution in [0.3, 0.4) is 0 Å². The average molecular weight is 325 g/mol. The lowest BCUT2D eigenvalue weighted by molar-refractivity contribution is 0.428. The molecule has 108 valence electrons. The second-order valence-corrected chi connectivity index (χ2v) is 6.61. The van der Waals surface area contributed by atoms with Crippen LogP contribution in [0.5, 0.6) is 0 Å². The number of hydrogen-bond acceptors (Lipinski definition) is 3. The second-order valence-electron chi connectivity index (χ2n) is 4.55. The largest absolute Gasteiger partial charge is 0.315 e. The highest BCUT2D eigenvalue weighted by Gasteiger charge is 2.23. The fourth-order valence-electron chi connectivity index (χ4n) is 2.06. The number of rotatable bonds is 3. The Bertz CT molecular complexity index is 529. The maximum absolute atomic E-state index is 12.3. The van der Waals surface area contributed by atoms with Gasteiger partial charge in [-0.25, -0.2) is 13.1 Å². The first-order chi connectivity index (χ1) is 8.50. The molecule has 0 saturated carbocycles. The third-order valence-corrected chi connectivity index (χ3v) is 5.24. The number of halogens is 2. The Hall–Kier alpha value is -0.330. The first-order valence-electron chi connectivity index (χ1n) is 5.99. The summed E-state index contributed by atoms with van der Waals surface area (Å²) in [6, 6.07) is 4.98.